The van der Waals surface area contributed by atoms with Crippen molar-refractivity contribution in [2.45, 2.75) is 33.6 Å². The van der Waals surface area contributed by atoms with Crippen molar-refractivity contribution in [1.82, 2.24) is 0 Å². The summed E-state index contributed by atoms with van der Waals surface area (Å²) in [5, 5.41) is -1.20. The molecule has 1 saturated carbocycles. The molecule has 0 aliphatic heterocycles. The normalized spacial score (nSPS) is 20.3. The first-order valence-corrected chi connectivity index (χ1v) is 9.66. The minimum absolute atomic E-state index is 0. The number of ether oxygens (including phenoxy) is 1. The van der Waals surface area contributed by atoms with E-state index in [4.69, 9.17) is 16.3 Å². The molecule has 30 heavy (non-hydrogen) atoms. The molecule has 0 bridgehead atoms. The fraction of sp³-hybridized carbons (Fsp3) is 0.348. The van der Waals surface area contributed by atoms with Gasteiger partial charge in [0.05, 0.1) is 5.92 Å². The summed E-state index contributed by atoms with van der Waals surface area (Å²) in [7, 11) is 0. The standard InChI is InChI=1S/C23H22ClF3O2.Na.H/c1-14-16(10-7-11-17(14)15-8-5-4-6-9-15)13-29-21(28)20-18(22(20,2)3)12-19(24)23(25,26)27;;/h4-12,18,20H,13H2,1-3H3;;/q;+1;-1. The van der Waals surface area contributed by atoms with Crippen molar-refractivity contribution in [2.24, 2.45) is 17.3 Å². The molecule has 2 aromatic rings. The van der Waals surface area contributed by atoms with Crippen LogP contribution in [0.4, 0.5) is 13.2 Å². The van der Waals surface area contributed by atoms with Crippen molar-refractivity contribution < 1.29 is 53.7 Å². The van der Waals surface area contributed by atoms with Crippen molar-refractivity contribution in [1.29, 1.82) is 0 Å². The average Bonchev–Trinajstić information content (AvgIpc) is 3.20. The van der Waals surface area contributed by atoms with E-state index in [9.17, 15) is 18.0 Å². The second kappa shape index (κ2) is 9.47. The summed E-state index contributed by atoms with van der Waals surface area (Å²) in [5.41, 5.74) is 3.34. The van der Waals surface area contributed by atoms with Gasteiger partial charge in [-0.1, -0.05) is 80.1 Å². The Labute approximate surface area is 203 Å². The molecule has 1 fully saturated rings. The van der Waals surface area contributed by atoms with Crippen molar-refractivity contribution >= 4 is 17.6 Å². The SMILES string of the molecule is Cc1c(COC(=O)C2C(C=C(Cl)C(F)(F)F)C2(C)C)cccc1-c1ccccc1.[H-].[Na+]. The topological polar surface area (TPSA) is 26.3 Å². The van der Waals surface area contributed by atoms with Crippen molar-refractivity contribution in [2.75, 3.05) is 0 Å². The average molecular weight is 447 g/mol. The van der Waals surface area contributed by atoms with Gasteiger partial charge in [0.25, 0.3) is 0 Å². The van der Waals surface area contributed by atoms with Crippen LogP contribution in [-0.2, 0) is 16.1 Å². The second-order valence-electron chi connectivity index (χ2n) is 7.90. The van der Waals surface area contributed by atoms with Gasteiger partial charge < -0.3 is 6.16 Å². The van der Waals surface area contributed by atoms with E-state index in [1.165, 1.54) is 0 Å². The van der Waals surface area contributed by atoms with Crippen LogP contribution >= 0.6 is 11.6 Å². The molecule has 7 heteroatoms. The first-order chi connectivity index (χ1) is 13.5. The number of esters is 1. The third-order valence-corrected chi connectivity index (χ3v) is 6.00. The van der Waals surface area contributed by atoms with Gasteiger partial charge in [-0.3, -0.25) is 4.79 Å². The monoisotopic (exact) mass is 446 g/mol. The molecule has 2 aromatic carbocycles. The number of halogens is 4. The van der Waals surface area contributed by atoms with Crippen molar-refractivity contribution in [3.05, 3.63) is 70.8 Å². The molecule has 1 aliphatic rings. The Bertz CT molecular complexity index is 946. The van der Waals surface area contributed by atoms with Gasteiger partial charge in [0.15, 0.2) is 0 Å². The molecule has 0 N–H and O–H groups in total. The van der Waals surface area contributed by atoms with Gasteiger partial charge in [-0.2, -0.15) is 13.2 Å². The number of hydrogen-bond acceptors (Lipinski definition) is 2. The number of alkyl halides is 3. The summed E-state index contributed by atoms with van der Waals surface area (Å²) in [6, 6.07) is 15.6. The van der Waals surface area contributed by atoms with Gasteiger partial charge in [0.2, 0.25) is 0 Å². The minimum Gasteiger partial charge on any atom is -1.00 e. The van der Waals surface area contributed by atoms with Gasteiger partial charge in [0, 0.05) is 0 Å². The molecule has 2 unspecified atom stereocenters. The van der Waals surface area contributed by atoms with Gasteiger partial charge in [-0.15, -0.1) is 0 Å². The van der Waals surface area contributed by atoms with Crippen LogP contribution in [0, 0.1) is 24.2 Å². The quantitative estimate of drug-likeness (QED) is 0.516. The first kappa shape index (κ1) is 25.0. The van der Waals surface area contributed by atoms with Gasteiger partial charge in [0.1, 0.15) is 11.6 Å². The molecule has 3 rings (SSSR count). The largest absolute Gasteiger partial charge is 1.00 e. The van der Waals surface area contributed by atoms with Gasteiger partial charge >= 0.3 is 41.7 Å². The van der Waals surface area contributed by atoms with Crippen LogP contribution in [0.1, 0.15) is 26.4 Å². The van der Waals surface area contributed by atoms with E-state index in [0.717, 1.165) is 28.3 Å². The summed E-state index contributed by atoms with van der Waals surface area (Å²) >= 11 is 5.34. The molecule has 0 aromatic heterocycles. The molecular weight excluding hydrogens is 424 g/mol. The maximum Gasteiger partial charge on any atom is 1.00 e. The van der Waals surface area contributed by atoms with Gasteiger partial charge in [-0.05, 0) is 40.5 Å². The van der Waals surface area contributed by atoms with E-state index in [1.54, 1.807) is 13.8 Å². The van der Waals surface area contributed by atoms with Crippen LogP contribution in [0.15, 0.2) is 59.6 Å². The van der Waals surface area contributed by atoms with E-state index in [-0.39, 0.29) is 37.6 Å². The number of allylic oxidation sites excluding steroid dienone is 2. The van der Waals surface area contributed by atoms with Crippen LogP contribution in [0.2, 0.25) is 0 Å². The first-order valence-electron chi connectivity index (χ1n) is 9.28. The second-order valence-corrected chi connectivity index (χ2v) is 8.31. The Morgan fingerprint density at radius 3 is 2.40 bits per heavy atom. The predicted octanol–water partition coefficient (Wildman–Crippen LogP) is 3.78. The third kappa shape index (κ3) is 5.31. The summed E-state index contributed by atoms with van der Waals surface area (Å²) in [4.78, 5) is 12.5. The molecule has 2 nitrogen and oxygen atoms in total. The van der Waals surface area contributed by atoms with E-state index >= 15 is 0 Å². The molecular formula is C23H23ClF3NaO2. The van der Waals surface area contributed by atoms with Crippen LogP contribution in [0.5, 0.6) is 0 Å². The predicted molar refractivity (Wildman–Crippen MR) is 108 cm³/mol. The summed E-state index contributed by atoms with van der Waals surface area (Å²) in [6.45, 7) is 5.51. The van der Waals surface area contributed by atoms with Crippen LogP contribution in [0.25, 0.3) is 11.1 Å². The summed E-state index contributed by atoms with van der Waals surface area (Å²) in [6.07, 6.45) is -3.68. The molecule has 0 radical (unpaired) electrons. The fourth-order valence-electron chi connectivity index (χ4n) is 3.70. The number of benzene rings is 2. The zero-order valence-corrected chi connectivity index (χ0v) is 20.1. The minimum atomic E-state index is -4.61. The number of hydrogen-bond donors (Lipinski definition) is 0. The smallest absolute Gasteiger partial charge is 1.00 e. The van der Waals surface area contributed by atoms with Crippen molar-refractivity contribution in [3.8, 4) is 11.1 Å². The Kier molecular flexibility index (Phi) is 7.89. The van der Waals surface area contributed by atoms with E-state index < -0.39 is 34.4 Å². The van der Waals surface area contributed by atoms with E-state index in [2.05, 4.69) is 0 Å². The maximum atomic E-state index is 12.7. The maximum absolute atomic E-state index is 12.7. The zero-order chi connectivity index (χ0) is 21.4. The Hall–Kier alpha value is -1.27. The summed E-state index contributed by atoms with van der Waals surface area (Å²) in [5.74, 6) is -1.75. The molecule has 2 atom stereocenters. The van der Waals surface area contributed by atoms with Crippen LogP contribution < -0.4 is 29.6 Å². The fourth-order valence-corrected chi connectivity index (χ4v) is 3.84. The number of carbonyl (C=O) groups excluding carboxylic acids is 1. The zero-order valence-electron chi connectivity index (χ0n) is 18.4. The van der Waals surface area contributed by atoms with E-state index in [1.807, 2.05) is 55.5 Å². The van der Waals surface area contributed by atoms with Crippen LogP contribution in [-0.4, -0.2) is 12.1 Å². The molecule has 156 valence electrons. The molecule has 0 amide bonds. The molecule has 0 saturated heterocycles. The molecule has 1 aliphatic carbocycles. The molecule has 0 spiro atoms. The molecule has 0 heterocycles. The Balaban J connectivity index is 0.00000240. The Morgan fingerprint density at radius 2 is 1.80 bits per heavy atom. The van der Waals surface area contributed by atoms with Gasteiger partial charge in [-0.25, -0.2) is 0 Å². The summed E-state index contributed by atoms with van der Waals surface area (Å²) < 4.78 is 43.5. The number of carbonyl (C=O) groups is 1. The van der Waals surface area contributed by atoms with Crippen LogP contribution in [0.3, 0.4) is 0 Å². The number of rotatable bonds is 5. The third-order valence-electron chi connectivity index (χ3n) is 5.66. The Morgan fingerprint density at radius 1 is 1.17 bits per heavy atom. The van der Waals surface area contributed by atoms with Crippen molar-refractivity contribution in [3.63, 3.8) is 0 Å². The van der Waals surface area contributed by atoms with E-state index in [0.29, 0.717) is 0 Å².